The van der Waals surface area contributed by atoms with Gasteiger partial charge in [0.15, 0.2) is 0 Å². The van der Waals surface area contributed by atoms with Gasteiger partial charge in [0, 0.05) is 5.69 Å². The van der Waals surface area contributed by atoms with E-state index in [1.807, 2.05) is 0 Å². The van der Waals surface area contributed by atoms with Crippen LogP contribution in [0.5, 0.6) is 0 Å². The van der Waals surface area contributed by atoms with E-state index < -0.39 is 0 Å². The van der Waals surface area contributed by atoms with Gasteiger partial charge in [-0.3, -0.25) is 9.69 Å². The van der Waals surface area contributed by atoms with Gasteiger partial charge >= 0.3 is 0 Å². The number of amides is 1. The molecule has 1 amide bonds. The molecule has 21 heavy (non-hydrogen) atoms. The number of nitrogens with zero attached hydrogens (tertiary/aromatic N) is 2. The fraction of sp³-hybridized carbons (Fsp3) is 0.500. The van der Waals surface area contributed by atoms with Crippen molar-refractivity contribution in [1.29, 1.82) is 5.26 Å². The molecule has 0 saturated carbocycles. The maximum atomic E-state index is 12.0. The van der Waals surface area contributed by atoms with Crippen LogP contribution < -0.4 is 11.1 Å². The molecule has 0 bridgehead atoms. The average molecular weight is 286 g/mol. The predicted molar refractivity (Wildman–Crippen MR) is 82.6 cm³/mol. The molecule has 5 heteroatoms. The molecule has 2 rings (SSSR count). The Bertz CT molecular complexity index is 498. The zero-order valence-electron chi connectivity index (χ0n) is 12.2. The van der Waals surface area contributed by atoms with Crippen molar-refractivity contribution in [1.82, 2.24) is 4.90 Å². The van der Waals surface area contributed by atoms with E-state index in [-0.39, 0.29) is 5.91 Å². The maximum Gasteiger partial charge on any atom is 0.238 e. The molecule has 3 N–H and O–H groups in total. The molecule has 0 radical (unpaired) electrons. The van der Waals surface area contributed by atoms with Gasteiger partial charge < -0.3 is 11.1 Å². The first-order valence-electron chi connectivity index (χ1n) is 7.43. The lowest BCUT2D eigenvalue weighted by atomic mass is 9.94. The molecule has 112 valence electrons. The van der Waals surface area contributed by atoms with Crippen LogP contribution in [0.2, 0.25) is 0 Å². The Morgan fingerprint density at radius 3 is 2.57 bits per heavy atom. The number of nitrogens with one attached hydrogen (secondary N) is 1. The molecule has 0 aliphatic carbocycles. The normalized spacial score (nSPS) is 16.4. The van der Waals surface area contributed by atoms with Crippen LogP contribution in [0.3, 0.4) is 0 Å². The number of nitrogens with two attached hydrogens (primary N) is 1. The Hall–Kier alpha value is -1.90. The monoisotopic (exact) mass is 286 g/mol. The highest BCUT2D eigenvalue weighted by Gasteiger charge is 2.20. The summed E-state index contributed by atoms with van der Waals surface area (Å²) in [4.78, 5) is 14.2. The van der Waals surface area contributed by atoms with Crippen LogP contribution in [0, 0.1) is 17.2 Å². The smallest absolute Gasteiger partial charge is 0.238 e. The zero-order valence-corrected chi connectivity index (χ0v) is 12.2. The van der Waals surface area contributed by atoms with E-state index >= 15 is 0 Å². The molecule has 1 heterocycles. The number of nitriles is 1. The van der Waals surface area contributed by atoms with Crippen LogP contribution in [-0.4, -0.2) is 37.0 Å². The molecule has 0 spiro atoms. The fourth-order valence-corrected chi connectivity index (χ4v) is 2.70. The molecular weight excluding hydrogens is 264 g/mol. The Kier molecular flexibility index (Phi) is 5.73. The number of anilines is 1. The summed E-state index contributed by atoms with van der Waals surface area (Å²) < 4.78 is 0. The second kappa shape index (κ2) is 7.77. The van der Waals surface area contributed by atoms with Crippen molar-refractivity contribution < 1.29 is 4.79 Å². The number of likely N-dealkylation sites (tertiary alicyclic amines) is 1. The van der Waals surface area contributed by atoms with Crippen molar-refractivity contribution in [3.8, 4) is 6.07 Å². The molecule has 1 aromatic carbocycles. The molecule has 0 aromatic heterocycles. The van der Waals surface area contributed by atoms with Gasteiger partial charge in [0.05, 0.1) is 18.2 Å². The summed E-state index contributed by atoms with van der Waals surface area (Å²) in [5.74, 6) is 0.713. The lowest BCUT2D eigenvalue weighted by Crippen LogP contribution is -2.39. The highest BCUT2D eigenvalue weighted by Crippen LogP contribution is 2.19. The Morgan fingerprint density at radius 2 is 2.00 bits per heavy atom. The lowest BCUT2D eigenvalue weighted by molar-refractivity contribution is -0.117. The van der Waals surface area contributed by atoms with Crippen LogP contribution in [-0.2, 0) is 4.79 Å². The number of carbonyl (C=O) groups excluding carboxylic acids is 1. The molecule has 0 atom stereocenters. The molecule has 1 aromatic rings. The third-order valence-corrected chi connectivity index (χ3v) is 3.95. The van der Waals surface area contributed by atoms with E-state index in [1.54, 1.807) is 24.3 Å². The second-order valence-electron chi connectivity index (χ2n) is 5.53. The quantitative estimate of drug-likeness (QED) is 0.860. The first kappa shape index (κ1) is 15.5. The Labute approximate surface area is 125 Å². The van der Waals surface area contributed by atoms with E-state index in [4.69, 9.17) is 11.0 Å². The molecule has 1 saturated heterocycles. The van der Waals surface area contributed by atoms with Crippen molar-refractivity contribution in [3.63, 3.8) is 0 Å². The minimum Gasteiger partial charge on any atom is -0.330 e. The summed E-state index contributed by atoms with van der Waals surface area (Å²) >= 11 is 0. The van der Waals surface area contributed by atoms with Crippen molar-refractivity contribution in [2.24, 2.45) is 11.7 Å². The van der Waals surface area contributed by atoms with Crippen molar-refractivity contribution in [3.05, 3.63) is 29.8 Å². The highest BCUT2D eigenvalue weighted by atomic mass is 16.2. The Balaban J connectivity index is 1.76. The minimum atomic E-state index is -0.00279. The molecule has 1 aliphatic heterocycles. The summed E-state index contributed by atoms with van der Waals surface area (Å²) in [6.45, 7) is 3.11. The highest BCUT2D eigenvalue weighted by molar-refractivity contribution is 5.92. The summed E-state index contributed by atoms with van der Waals surface area (Å²) in [6, 6.07) is 8.97. The molecule has 5 nitrogen and oxygen atoms in total. The van der Waals surface area contributed by atoms with Crippen LogP contribution >= 0.6 is 0 Å². The topological polar surface area (TPSA) is 82.2 Å². The lowest BCUT2D eigenvalue weighted by Gasteiger charge is -2.31. The summed E-state index contributed by atoms with van der Waals surface area (Å²) in [5.41, 5.74) is 6.91. The third kappa shape index (κ3) is 4.85. The van der Waals surface area contributed by atoms with Crippen LogP contribution in [0.25, 0.3) is 0 Å². The van der Waals surface area contributed by atoms with Crippen molar-refractivity contribution in [2.75, 3.05) is 31.5 Å². The first-order chi connectivity index (χ1) is 10.2. The second-order valence-corrected chi connectivity index (χ2v) is 5.53. The fourth-order valence-electron chi connectivity index (χ4n) is 2.70. The van der Waals surface area contributed by atoms with E-state index in [9.17, 15) is 4.79 Å². The summed E-state index contributed by atoms with van der Waals surface area (Å²) in [7, 11) is 0. The molecule has 0 unspecified atom stereocenters. The number of hydrogen-bond donors (Lipinski definition) is 2. The molecular formula is C16H22N4O. The SMILES string of the molecule is N#Cc1ccc(NC(=O)CN2CCC(CCN)CC2)cc1. The summed E-state index contributed by atoms with van der Waals surface area (Å²) in [5, 5.41) is 11.6. The van der Waals surface area contributed by atoms with Gasteiger partial charge in [0.25, 0.3) is 0 Å². The van der Waals surface area contributed by atoms with Gasteiger partial charge in [-0.25, -0.2) is 0 Å². The van der Waals surface area contributed by atoms with Crippen LogP contribution in [0.15, 0.2) is 24.3 Å². The average Bonchev–Trinajstić information content (AvgIpc) is 2.50. The minimum absolute atomic E-state index is 0.00279. The summed E-state index contributed by atoms with van der Waals surface area (Å²) in [6.07, 6.45) is 3.34. The first-order valence-corrected chi connectivity index (χ1v) is 7.43. The number of benzene rings is 1. The Morgan fingerprint density at radius 1 is 1.33 bits per heavy atom. The number of hydrogen-bond acceptors (Lipinski definition) is 4. The van der Waals surface area contributed by atoms with Crippen molar-refractivity contribution >= 4 is 11.6 Å². The van der Waals surface area contributed by atoms with Crippen LogP contribution in [0.4, 0.5) is 5.69 Å². The van der Waals surface area contributed by atoms with E-state index in [1.165, 1.54) is 0 Å². The van der Waals surface area contributed by atoms with Gasteiger partial charge in [-0.2, -0.15) is 5.26 Å². The number of carbonyl (C=O) groups is 1. The molecule has 1 aliphatic rings. The maximum absolute atomic E-state index is 12.0. The zero-order chi connectivity index (χ0) is 15.1. The number of piperidine rings is 1. The van der Waals surface area contributed by atoms with Gasteiger partial charge in [-0.15, -0.1) is 0 Å². The van der Waals surface area contributed by atoms with E-state index in [2.05, 4.69) is 16.3 Å². The van der Waals surface area contributed by atoms with Gasteiger partial charge in [0.2, 0.25) is 5.91 Å². The van der Waals surface area contributed by atoms with E-state index in [0.717, 1.165) is 44.6 Å². The van der Waals surface area contributed by atoms with Gasteiger partial charge in [0.1, 0.15) is 0 Å². The third-order valence-electron chi connectivity index (χ3n) is 3.95. The predicted octanol–water partition coefficient (Wildman–Crippen LogP) is 1.56. The van der Waals surface area contributed by atoms with Crippen LogP contribution in [0.1, 0.15) is 24.8 Å². The largest absolute Gasteiger partial charge is 0.330 e. The van der Waals surface area contributed by atoms with Gasteiger partial charge in [-0.05, 0) is 69.1 Å². The number of rotatable bonds is 5. The van der Waals surface area contributed by atoms with Crippen molar-refractivity contribution in [2.45, 2.75) is 19.3 Å². The van der Waals surface area contributed by atoms with Gasteiger partial charge in [-0.1, -0.05) is 0 Å². The molecule has 1 fully saturated rings. The standard InChI is InChI=1S/C16H22N4O/c17-8-5-13-6-9-20(10-7-13)12-16(21)19-15-3-1-14(11-18)2-4-15/h1-4,13H,5-10,12,17H2,(H,19,21). The van der Waals surface area contributed by atoms with E-state index in [0.29, 0.717) is 18.0 Å².